The van der Waals surface area contributed by atoms with Gasteiger partial charge in [0.1, 0.15) is 5.76 Å². The molecule has 0 unspecified atom stereocenters. The van der Waals surface area contributed by atoms with Gasteiger partial charge in [0.25, 0.3) is 0 Å². The Balaban J connectivity index is 2.85. The molecule has 3 heteroatoms. The zero-order valence-electron chi connectivity index (χ0n) is 6.50. The largest absolute Gasteiger partial charge is 0.507 e. The molecule has 0 spiro atoms. The lowest BCUT2D eigenvalue weighted by Crippen LogP contribution is -2.07. The van der Waals surface area contributed by atoms with Crippen molar-refractivity contribution in [2.24, 2.45) is 0 Å². The molecule has 1 rings (SSSR count). The molecule has 60 valence electrons. The van der Waals surface area contributed by atoms with E-state index in [-0.39, 0.29) is 5.76 Å². The molecule has 0 saturated carbocycles. The summed E-state index contributed by atoms with van der Waals surface area (Å²) in [5.41, 5.74) is 0.299. The van der Waals surface area contributed by atoms with Crippen molar-refractivity contribution in [3.05, 3.63) is 23.5 Å². The number of hydrogen-bond donors (Lipinski definition) is 1. The van der Waals surface area contributed by atoms with Gasteiger partial charge in [-0.1, -0.05) is 6.08 Å². The first kappa shape index (κ1) is 7.85. The van der Waals surface area contributed by atoms with E-state index in [1.165, 1.54) is 0 Å². The standard InChI is InChI=1S/C8H10O3/c1-3-4-6-7(9)5(2)8(10)11-6/h3-4,6,9H,1-2H3/b4-3+/t6-/m1/s1. The molecule has 1 atom stereocenters. The molecule has 0 aromatic rings. The van der Waals surface area contributed by atoms with Gasteiger partial charge in [-0.25, -0.2) is 4.79 Å². The first-order valence-electron chi connectivity index (χ1n) is 3.40. The first-order chi connectivity index (χ1) is 5.16. The topological polar surface area (TPSA) is 46.5 Å². The number of allylic oxidation sites excluding steroid dienone is 1. The molecule has 1 aliphatic rings. The van der Waals surface area contributed by atoms with Gasteiger partial charge in [-0.3, -0.25) is 0 Å². The lowest BCUT2D eigenvalue weighted by Gasteiger charge is -2.02. The lowest BCUT2D eigenvalue weighted by atomic mass is 10.2. The summed E-state index contributed by atoms with van der Waals surface area (Å²) in [4.78, 5) is 10.8. The van der Waals surface area contributed by atoms with E-state index in [9.17, 15) is 9.90 Å². The van der Waals surface area contributed by atoms with Crippen LogP contribution in [0.1, 0.15) is 13.8 Å². The Morgan fingerprint density at radius 3 is 2.64 bits per heavy atom. The van der Waals surface area contributed by atoms with Crippen LogP contribution in [-0.2, 0) is 9.53 Å². The fourth-order valence-electron chi connectivity index (χ4n) is 0.883. The molecular formula is C8H10O3. The Bertz CT molecular complexity index is 238. The molecule has 0 saturated heterocycles. The van der Waals surface area contributed by atoms with Crippen molar-refractivity contribution in [1.82, 2.24) is 0 Å². The maximum atomic E-state index is 10.8. The highest BCUT2D eigenvalue weighted by Crippen LogP contribution is 2.20. The minimum Gasteiger partial charge on any atom is -0.507 e. The van der Waals surface area contributed by atoms with Crippen LogP contribution in [-0.4, -0.2) is 17.2 Å². The Kier molecular flexibility index (Phi) is 1.98. The van der Waals surface area contributed by atoms with E-state index in [1.54, 1.807) is 26.0 Å². The van der Waals surface area contributed by atoms with Crippen LogP contribution in [0.2, 0.25) is 0 Å². The number of carbonyl (C=O) groups excluding carboxylic acids is 1. The van der Waals surface area contributed by atoms with Gasteiger partial charge in [0, 0.05) is 0 Å². The summed E-state index contributed by atoms with van der Waals surface area (Å²) < 4.78 is 4.78. The van der Waals surface area contributed by atoms with Crippen molar-refractivity contribution < 1.29 is 14.6 Å². The Hall–Kier alpha value is -1.25. The minimum atomic E-state index is -0.563. The van der Waals surface area contributed by atoms with E-state index in [2.05, 4.69) is 0 Å². The van der Waals surface area contributed by atoms with Crippen LogP contribution in [0, 0.1) is 0 Å². The van der Waals surface area contributed by atoms with E-state index >= 15 is 0 Å². The van der Waals surface area contributed by atoms with Crippen molar-refractivity contribution in [2.75, 3.05) is 0 Å². The Labute approximate surface area is 65.0 Å². The summed E-state index contributed by atoms with van der Waals surface area (Å²) in [5, 5.41) is 9.24. The van der Waals surface area contributed by atoms with Crippen LogP contribution in [0.5, 0.6) is 0 Å². The van der Waals surface area contributed by atoms with E-state index < -0.39 is 12.1 Å². The molecule has 0 fully saturated rings. The number of cyclic esters (lactones) is 1. The second kappa shape index (κ2) is 2.78. The van der Waals surface area contributed by atoms with Gasteiger partial charge >= 0.3 is 5.97 Å². The van der Waals surface area contributed by atoms with Crippen molar-refractivity contribution in [1.29, 1.82) is 0 Å². The second-order valence-electron chi connectivity index (χ2n) is 2.36. The van der Waals surface area contributed by atoms with Crippen LogP contribution in [0.3, 0.4) is 0 Å². The van der Waals surface area contributed by atoms with Crippen LogP contribution >= 0.6 is 0 Å². The summed E-state index contributed by atoms with van der Waals surface area (Å²) in [6.45, 7) is 3.34. The van der Waals surface area contributed by atoms with Crippen LogP contribution < -0.4 is 0 Å². The predicted octanol–water partition coefficient (Wildman–Crippen LogP) is 1.32. The van der Waals surface area contributed by atoms with Crippen molar-refractivity contribution >= 4 is 5.97 Å². The number of aliphatic hydroxyl groups is 1. The minimum absolute atomic E-state index is 0.0214. The number of esters is 1. The normalized spacial score (nSPS) is 24.9. The maximum absolute atomic E-state index is 10.8. The quantitative estimate of drug-likeness (QED) is 0.457. The van der Waals surface area contributed by atoms with Crippen molar-refractivity contribution in [3.63, 3.8) is 0 Å². The molecule has 1 heterocycles. The molecule has 0 radical (unpaired) electrons. The van der Waals surface area contributed by atoms with Crippen LogP contribution in [0.15, 0.2) is 23.5 Å². The van der Waals surface area contributed by atoms with Gasteiger partial charge in [-0.05, 0) is 19.9 Å². The second-order valence-corrected chi connectivity index (χ2v) is 2.36. The molecule has 0 aliphatic carbocycles. The predicted molar refractivity (Wildman–Crippen MR) is 40.0 cm³/mol. The summed E-state index contributed by atoms with van der Waals surface area (Å²) in [6.07, 6.45) is 2.80. The maximum Gasteiger partial charge on any atom is 0.338 e. The molecule has 0 aromatic heterocycles. The third-order valence-electron chi connectivity index (χ3n) is 1.56. The lowest BCUT2D eigenvalue weighted by molar-refractivity contribution is -0.138. The molecule has 11 heavy (non-hydrogen) atoms. The average molecular weight is 154 g/mol. The molecule has 0 bridgehead atoms. The molecule has 3 nitrogen and oxygen atoms in total. The highest BCUT2D eigenvalue weighted by molar-refractivity contribution is 5.91. The zero-order chi connectivity index (χ0) is 8.43. The van der Waals surface area contributed by atoms with Gasteiger partial charge in [-0.15, -0.1) is 0 Å². The third-order valence-corrected chi connectivity index (χ3v) is 1.56. The molecule has 0 aromatic carbocycles. The average Bonchev–Trinajstić information content (AvgIpc) is 2.19. The first-order valence-corrected chi connectivity index (χ1v) is 3.40. The fraction of sp³-hybridized carbons (Fsp3) is 0.375. The SMILES string of the molecule is C/C=C/[C@H]1OC(=O)C(C)=C1O. The van der Waals surface area contributed by atoms with Gasteiger partial charge in [0.05, 0.1) is 5.57 Å². The van der Waals surface area contributed by atoms with Crippen LogP contribution in [0.4, 0.5) is 0 Å². The summed E-state index contributed by atoms with van der Waals surface area (Å²) >= 11 is 0. The number of rotatable bonds is 1. The van der Waals surface area contributed by atoms with E-state index in [0.717, 1.165) is 0 Å². The summed E-state index contributed by atoms with van der Waals surface area (Å²) in [6, 6.07) is 0. The molecule has 1 N–H and O–H groups in total. The van der Waals surface area contributed by atoms with Crippen molar-refractivity contribution in [2.45, 2.75) is 20.0 Å². The Morgan fingerprint density at radius 2 is 2.27 bits per heavy atom. The highest BCUT2D eigenvalue weighted by Gasteiger charge is 2.28. The van der Waals surface area contributed by atoms with Gasteiger partial charge in [-0.2, -0.15) is 0 Å². The highest BCUT2D eigenvalue weighted by atomic mass is 16.6. The van der Waals surface area contributed by atoms with Gasteiger partial charge < -0.3 is 9.84 Å². The number of aliphatic hydroxyl groups excluding tert-OH is 1. The number of ether oxygens (including phenoxy) is 1. The number of carbonyl (C=O) groups is 1. The monoisotopic (exact) mass is 154 g/mol. The zero-order valence-corrected chi connectivity index (χ0v) is 6.50. The third kappa shape index (κ3) is 1.27. The van der Waals surface area contributed by atoms with E-state index in [4.69, 9.17) is 4.74 Å². The van der Waals surface area contributed by atoms with Crippen molar-refractivity contribution in [3.8, 4) is 0 Å². The molecule has 1 aliphatic heterocycles. The van der Waals surface area contributed by atoms with Crippen LogP contribution in [0.25, 0.3) is 0 Å². The summed E-state index contributed by atoms with van der Waals surface area (Å²) in [7, 11) is 0. The Morgan fingerprint density at radius 1 is 1.64 bits per heavy atom. The molecule has 0 amide bonds. The van der Waals surface area contributed by atoms with E-state index in [1.807, 2.05) is 0 Å². The number of hydrogen-bond acceptors (Lipinski definition) is 3. The van der Waals surface area contributed by atoms with Gasteiger partial charge in [0.15, 0.2) is 6.10 Å². The van der Waals surface area contributed by atoms with E-state index in [0.29, 0.717) is 5.57 Å². The molecular weight excluding hydrogens is 144 g/mol. The fourth-order valence-corrected chi connectivity index (χ4v) is 0.883. The summed E-state index contributed by atoms with van der Waals surface area (Å²) in [5.74, 6) is -0.418. The van der Waals surface area contributed by atoms with Gasteiger partial charge in [0.2, 0.25) is 0 Å². The smallest absolute Gasteiger partial charge is 0.338 e.